The van der Waals surface area contributed by atoms with Gasteiger partial charge in [0.2, 0.25) is 0 Å². The van der Waals surface area contributed by atoms with Gasteiger partial charge in [-0.1, -0.05) is 324 Å². The predicted octanol–water partition coefficient (Wildman–Crippen LogP) is 23.0. The Bertz CT molecular complexity index is 2210. The fourth-order valence-electron chi connectivity index (χ4n) is 10.1. The van der Waals surface area contributed by atoms with Crippen LogP contribution in [0.5, 0.6) is 11.5 Å². The van der Waals surface area contributed by atoms with Gasteiger partial charge in [0.15, 0.2) is 0 Å². The second-order valence-electron chi connectivity index (χ2n) is 28.1. The Morgan fingerprint density at radius 3 is 0.695 bits per heavy atom. The molecule has 0 radical (unpaired) electrons. The van der Waals surface area contributed by atoms with E-state index in [-0.39, 0.29) is 10.8 Å². The van der Waals surface area contributed by atoms with E-state index in [1.54, 1.807) is 0 Å². The van der Waals surface area contributed by atoms with Gasteiger partial charge in [-0.3, -0.25) is 0 Å². The minimum absolute atomic E-state index is 0.0564. The molecular formula is C78H122O2Si2. The molecule has 0 amide bonds. The van der Waals surface area contributed by atoms with Gasteiger partial charge in [-0.25, -0.2) is 0 Å². The normalized spacial score (nSPS) is 11.3. The van der Waals surface area contributed by atoms with Crippen molar-refractivity contribution in [2.24, 2.45) is 0 Å². The first-order chi connectivity index (χ1) is 39.4. The maximum Gasteiger partial charge on any atom is 0.134 e. The van der Waals surface area contributed by atoms with Crippen molar-refractivity contribution in [3.05, 3.63) is 58.7 Å². The van der Waals surface area contributed by atoms with Crippen molar-refractivity contribution < 1.29 is 9.47 Å². The number of rotatable bonds is 43. The van der Waals surface area contributed by atoms with Gasteiger partial charge in [0.05, 0.1) is 24.3 Å². The molecule has 4 heteroatoms. The summed E-state index contributed by atoms with van der Waals surface area (Å²) in [5, 5.41) is 0. The highest BCUT2D eigenvalue weighted by Gasteiger charge is 2.17. The van der Waals surface area contributed by atoms with Gasteiger partial charge in [0.25, 0.3) is 0 Å². The molecule has 0 spiro atoms. The third-order valence-corrected chi connectivity index (χ3v) is 17.1. The molecule has 0 unspecified atom stereocenters. The summed E-state index contributed by atoms with van der Waals surface area (Å²) in [5.74, 6) is 31.9. The minimum Gasteiger partial charge on any atom is -0.492 e. The molecule has 0 aliphatic carbocycles. The van der Waals surface area contributed by atoms with E-state index in [0.717, 1.165) is 48.7 Å². The third kappa shape index (κ3) is 43.5. The van der Waals surface area contributed by atoms with Crippen LogP contribution in [0.4, 0.5) is 0 Å². The van der Waals surface area contributed by atoms with Crippen molar-refractivity contribution in [2.75, 3.05) is 13.2 Å². The summed E-state index contributed by atoms with van der Waals surface area (Å²) in [4.78, 5) is 0. The first-order valence-electron chi connectivity index (χ1n) is 34.0. The lowest BCUT2D eigenvalue weighted by atomic mass is 9.86. The zero-order valence-electron chi connectivity index (χ0n) is 55.6. The molecule has 0 fully saturated rings. The molecular weight excluding hydrogens is 1030 g/mol. The average molecular weight is 1150 g/mol. The van der Waals surface area contributed by atoms with E-state index in [9.17, 15) is 0 Å². The number of ether oxygens (including phenoxy) is 2. The Morgan fingerprint density at radius 2 is 0.488 bits per heavy atom. The topological polar surface area (TPSA) is 18.5 Å². The van der Waals surface area contributed by atoms with E-state index in [4.69, 9.17) is 9.47 Å². The van der Waals surface area contributed by atoms with Crippen molar-refractivity contribution in [1.82, 2.24) is 0 Å². The van der Waals surface area contributed by atoms with E-state index >= 15 is 0 Å². The first-order valence-corrected chi connectivity index (χ1v) is 41.0. The monoisotopic (exact) mass is 1150 g/mol. The SMILES string of the molecule is CC(C)(C)c1ccc(OCCCCCCCCCCCCCCCCCCCCCCCCCCCCCCCCCCCCCCCCOc2ccc(C(C)(C)C)cc2C#CC#CC#C[Si](C)(C)C)c(C#CC#CC#C[Si](C)(C)C)c1. The fourth-order valence-corrected chi connectivity index (χ4v) is 11.0. The quantitative estimate of drug-likeness (QED) is 0.0374. The zero-order chi connectivity index (χ0) is 59.9. The average Bonchev–Trinajstić information content (AvgIpc) is 3.42. The molecule has 0 N–H and O–H groups in total. The lowest BCUT2D eigenvalue weighted by Crippen LogP contribution is -2.16. The lowest BCUT2D eigenvalue weighted by Gasteiger charge is -2.20. The van der Waals surface area contributed by atoms with Crippen LogP contribution in [0.1, 0.15) is 308 Å². The van der Waals surface area contributed by atoms with E-state index in [0.29, 0.717) is 0 Å². The summed E-state index contributed by atoms with van der Waals surface area (Å²) < 4.78 is 12.5. The van der Waals surface area contributed by atoms with Gasteiger partial charge in [-0.2, -0.15) is 0 Å². The Labute approximate surface area is 512 Å². The van der Waals surface area contributed by atoms with E-state index in [1.165, 1.54) is 242 Å². The van der Waals surface area contributed by atoms with Gasteiger partial charge >= 0.3 is 0 Å². The van der Waals surface area contributed by atoms with Crippen LogP contribution in [0.3, 0.4) is 0 Å². The second-order valence-corrected chi connectivity index (χ2v) is 37.6. The number of benzene rings is 2. The second kappa shape index (κ2) is 46.2. The molecule has 2 nitrogen and oxygen atoms in total. The molecule has 0 atom stereocenters. The van der Waals surface area contributed by atoms with Gasteiger partial charge < -0.3 is 9.47 Å². The molecule has 2 aromatic rings. The molecule has 0 saturated heterocycles. The standard InChI is InChI=1S/C78H122O2Si2/c1-77(2,3)73-61-63-75(71(69-73)59-53-47-51-57-67-81(7,8)9)79-65-55-49-45-43-41-39-37-35-33-31-29-27-25-23-21-19-17-15-13-14-16-18-20-22-24-26-28-30-32-34-36-38-40-42-44-46-50-56-66-80-76-64-62-74(78(4,5)6)70-72(76)60-54-48-52-58-68-82(10,11)12/h61-64,69-70H,13-46,49-50,55-56,65-66H2,1-12H3. The third-order valence-electron chi connectivity index (χ3n) is 15.4. The van der Waals surface area contributed by atoms with Crippen LogP contribution in [-0.2, 0) is 10.8 Å². The van der Waals surface area contributed by atoms with E-state index in [2.05, 4.69) is 188 Å². The molecule has 2 rings (SSSR count). The molecule has 0 aliphatic heterocycles. The summed E-state index contributed by atoms with van der Waals surface area (Å²) in [6.07, 6.45) is 53.2. The molecule has 0 heterocycles. The highest BCUT2D eigenvalue weighted by atomic mass is 28.3. The first kappa shape index (κ1) is 73.9. The molecule has 454 valence electrons. The molecule has 0 saturated carbocycles. The Hall–Kier alpha value is -4.17. The van der Waals surface area contributed by atoms with E-state index in [1.807, 2.05) is 0 Å². The van der Waals surface area contributed by atoms with Crippen LogP contribution in [0.2, 0.25) is 39.3 Å². The largest absolute Gasteiger partial charge is 0.492 e. The molecule has 0 aromatic heterocycles. The summed E-state index contributed by atoms with van der Waals surface area (Å²) in [6, 6.07) is 12.9. The van der Waals surface area contributed by atoms with Crippen molar-refractivity contribution in [1.29, 1.82) is 0 Å². The summed E-state index contributed by atoms with van der Waals surface area (Å²) >= 11 is 0. The summed E-state index contributed by atoms with van der Waals surface area (Å²) in [6.45, 7) is 28.2. The van der Waals surface area contributed by atoms with Gasteiger partial charge in [-0.05, 0) is 118 Å². The zero-order valence-corrected chi connectivity index (χ0v) is 57.6. The van der Waals surface area contributed by atoms with Crippen LogP contribution in [-0.4, -0.2) is 29.4 Å². The summed E-state index contributed by atoms with van der Waals surface area (Å²) in [7, 11) is -2.83. The van der Waals surface area contributed by atoms with Crippen LogP contribution >= 0.6 is 0 Å². The van der Waals surface area contributed by atoms with Crippen LogP contribution in [0.25, 0.3) is 0 Å². The Balaban J connectivity index is 1.29. The van der Waals surface area contributed by atoms with E-state index < -0.39 is 16.1 Å². The van der Waals surface area contributed by atoms with Crippen molar-refractivity contribution in [2.45, 2.75) is 336 Å². The molecule has 0 bridgehead atoms. The summed E-state index contributed by atoms with van der Waals surface area (Å²) in [5.41, 5.74) is 11.0. The number of hydrogen-bond acceptors (Lipinski definition) is 2. The smallest absolute Gasteiger partial charge is 0.134 e. The van der Waals surface area contributed by atoms with Gasteiger partial charge in [0, 0.05) is 0 Å². The highest BCUT2D eigenvalue weighted by molar-refractivity contribution is 6.84. The molecule has 82 heavy (non-hydrogen) atoms. The van der Waals surface area contributed by atoms with Crippen LogP contribution in [0.15, 0.2) is 36.4 Å². The van der Waals surface area contributed by atoms with Crippen LogP contribution in [0, 0.1) is 70.3 Å². The Kier molecular flexibility index (Phi) is 41.6. The number of hydrogen-bond donors (Lipinski definition) is 0. The maximum absolute atomic E-state index is 6.24. The van der Waals surface area contributed by atoms with Crippen molar-refractivity contribution >= 4 is 16.1 Å². The van der Waals surface area contributed by atoms with Crippen LogP contribution < -0.4 is 9.47 Å². The lowest BCUT2D eigenvalue weighted by molar-refractivity contribution is 0.303. The fraction of sp³-hybridized carbons (Fsp3) is 0.692. The Morgan fingerprint density at radius 1 is 0.280 bits per heavy atom. The van der Waals surface area contributed by atoms with Crippen molar-refractivity contribution in [3.8, 4) is 81.8 Å². The maximum atomic E-state index is 6.24. The van der Waals surface area contributed by atoms with Gasteiger partial charge in [-0.15, -0.1) is 11.1 Å². The molecule has 0 aliphatic rings. The minimum atomic E-state index is -1.42. The predicted molar refractivity (Wildman–Crippen MR) is 368 cm³/mol. The van der Waals surface area contributed by atoms with Crippen molar-refractivity contribution in [3.63, 3.8) is 0 Å². The highest BCUT2D eigenvalue weighted by Crippen LogP contribution is 2.30. The van der Waals surface area contributed by atoms with Gasteiger partial charge in [0.1, 0.15) is 27.6 Å². The molecule has 2 aromatic carbocycles. The number of unbranched alkanes of at least 4 members (excludes halogenated alkanes) is 37.